The molecule has 1 saturated heterocycles. The molecule has 1 aromatic heterocycles. The molecule has 0 atom stereocenters. The van der Waals surface area contributed by atoms with Crippen molar-refractivity contribution in [2.75, 3.05) is 51.2 Å². The average Bonchev–Trinajstić information content (AvgIpc) is 3.07. The second-order valence-corrected chi connectivity index (χ2v) is 7.70. The maximum atomic E-state index is 12.0. The zero-order valence-corrected chi connectivity index (χ0v) is 18.4. The molecule has 0 spiro atoms. The molecule has 25 heavy (non-hydrogen) atoms. The van der Waals surface area contributed by atoms with Crippen LogP contribution >= 0.6 is 28.3 Å². The number of piperazine rings is 1. The molecule has 5 nitrogen and oxygen atoms in total. The molecular weight excluding hydrogens is 400 g/mol. The number of carbonyl (C=O) groups excluding carboxylic acids is 1. The molecule has 0 N–H and O–H groups in total. The van der Waals surface area contributed by atoms with Gasteiger partial charge in [0.15, 0.2) is 5.13 Å². The third-order valence-corrected chi connectivity index (χ3v) is 5.71. The van der Waals surface area contributed by atoms with Crippen LogP contribution in [0.1, 0.15) is 44.4 Å². The van der Waals surface area contributed by atoms with E-state index in [1.165, 1.54) is 17.8 Å². The Morgan fingerprint density at radius 3 is 2.60 bits per heavy atom. The average molecular weight is 433 g/mol. The third-order valence-electron chi connectivity index (χ3n) is 4.59. The molecule has 144 valence electrons. The predicted octanol–water partition coefficient (Wildman–Crippen LogP) is 3.44. The molecule has 2 heterocycles. The normalized spacial score (nSPS) is 15.1. The van der Waals surface area contributed by atoms with Crippen LogP contribution < -0.4 is 4.90 Å². The molecule has 1 aromatic rings. The zero-order chi connectivity index (χ0) is 17.4. The van der Waals surface area contributed by atoms with E-state index < -0.39 is 0 Å². The van der Waals surface area contributed by atoms with E-state index in [1.54, 1.807) is 11.3 Å². The highest BCUT2D eigenvalue weighted by Gasteiger charge is 2.19. The predicted molar refractivity (Wildman–Crippen MR) is 112 cm³/mol. The Kier molecular flexibility index (Phi) is 10.6. The van der Waals surface area contributed by atoms with Crippen molar-refractivity contribution in [1.29, 1.82) is 0 Å². The van der Waals surface area contributed by atoms with Gasteiger partial charge in [-0.2, -0.15) is 0 Å². The fraction of sp³-hybridized carbons (Fsp3) is 0.778. The number of likely N-dealkylation sites (N-methyl/N-ethyl adjacent to an activating group) is 1. The van der Waals surface area contributed by atoms with E-state index in [1.807, 2.05) is 18.1 Å². The Balaban J connectivity index is 0.00000312. The highest BCUT2D eigenvalue weighted by Crippen LogP contribution is 2.24. The monoisotopic (exact) mass is 432 g/mol. The molecule has 1 aliphatic rings. The van der Waals surface area contributed by atoms with Gasteiger partial charge in [0.1, 0.15) is 0 Å². The van der Waals surface area contributed by atoms with Gasteiger partial charge < -0.3 is 9.80 Å². The van der Waals surface area contributed by atoms with E-state index in [9.17, 15) is 4.79 Å². The number of thiazole rings is 1. The smallest absolute Gasteiger partial charge is 0.222 e. The largest absolute Gasteiger partial charge is 0.346 e. The lowest BCUT2D eigenvalue weighted by Gasteiger charge is -2.34. The minimum Gasteiger partial charge on any atom is -0.346 e. The maximum absolute atomic E-state index is 12.0. The quantitative estimate of drug-likeness (QED) is 0.598. The van der Waals surface area contributed by atoms with Gasteiger partial charge in [-0.1, -0.05) is 20.3 Å². The van der Waals surface area contributed by atoms with Crippen LogP contribution in [-0.4, -0.2) is 67.0 Å². The maximum Gasteiger partial charge on any atom is 0.222 e. The van der Waals surface area contributed by atoms with Gasteiger partial charge in [0.05, 0.1) is 0 Å². The van der Waals surface area contributed by atoms with Crippen LogP contribution in [0.5, 0.6) is 0 Å². The van der Waals surface area contributed by atoms with Crippen LogP contribution in [0.15, 0.2) is 6.20 Å². The minimum absolute atomic E-state index is 0. The number of aromatic nitrogens is 1. The van der Waals surface area contributed by atoms with E-state index in [4.69, 9.17) is 0 Å². The number of hydrogen-bond donors (Lipinski definition) is 0. The number of halogens is 1. The van der Waals surface area contributed by atoms with E-state index >= 15 is 0 Å². The van der Waals surface area contributed by atoms with Crippen molar-refractivity contribution in [3.63, 3.8) is 0 Å². The second kappa shape index (κ2) is 11.9. The number of unbranched alkanes of at least 4 members (excludes halogenated alkanes) is 1. The number of amides is 1. The van der Waals surface area contributed by atoms with Crippen molar-refractivity contribution in [2.24, 2.45) is 0 Å². The van der Waals surface area contributed by atoms with Gasteiger partial charge in [0.25, 0.3) is 0 Å². The minimum atomic E-state index is 0. The molecule has 0 bridgehead atoms. The van der Waals surface area contributed by atoms with Crippen molar-refractivity contribution in [2.45, 2.75) is 46.0 Å². The molecular formula is C18H33BrN4OS. The number of hydrogen-bond acceptors (Lipinski definition) is 5. The van der Waals surface area contributed by atoms with Gasteiger partial charge in [-0.3, -0.25) is 9.69 Å². The number of anilines is 1. The number of carbonyl (C=O) groups is 1. The highest BCUT2D eigenvalue weighted by molar-refractivity contribution is 8.93. The second-order valence-electron chi connectivity index (χ2n) is 6.61. The lowest BCUT2D eigenvalue weighted by molar-refractivity contribution is -0.129. The molecule has 0 saturated carbocycles. The zero-order valence-electron chi connectivity index (χ0n) is 15.9. The summed E-state index contributed by atoms with van der Waals surface area (Å²) in [5, 5.41) is 1.14. The standard InChI is InChI=1S/C18H32N4OS.BrH/c1-4-6-7-17(23)20(3)10-8-16-15-19-18(24-16)22-13-11-21(9-5-2)12-14-22;/h15H,4-14H2,1-3H3;1H. The van der Waals surface area contributed by atoms with Crippen LogP contribution in [0.2, 0.25) is 0 Å². The summed E-state index contributed by atoms with van der Waals surface area (Å²) in [6, 6.07) is 0. The fourth-order valence-electron chi connectivity index (χ4n) is 2.96. The molecule has 0 aromatic carbocycles. The number of rotatable bonds is 9. The van der Waals surface area contributed by atoms with Crippen molar-refractivity contribution in [3.8, 4) is 0 Å². The Labute approximate surface area is 167 Å². The van der Waals surface area contributed by atoms with Crippen LogP contribution in [-0.2, 0) is 11.2 Å². The SMILES string of the molecule is Br.CCCCC(=O)N(C)CCc1cnc(N2CCN(CCC)CC2)s1. The summed E-state index contributed by atoms with van der Waals surface area (Å²) in [5.41, 5.74) is 0. The van der Waals surface area contributed by atoms with Crippen molar-refractivity contribution in [3.05, 3.63) is 11.1 Å². The van der Waals surface area contributed by atoms with Gasteiger partial charge in [-0.15, -0.1) is 28.3 Å². The summed E-state index contributed by atoms with van der Waals surface area (Å²) >= 11 is 1.78. The van der Waals surface area contributed by atoms with Gasteiger partial charge in [0, 0.05) is 63.7 Å². The van der Waals surface area contributed by atoms with Crippen LogP contribution in [0.4, 0.5) is 5.13 Å². The van der Waals surface area contributed by atoms with Crippen LogP contribution in [0.3, 0.4) is 0 Å². The Hall–Kier alpha value is -0.660. The summed E-state index contributed by atoms with van der Waals surface area (Å²) in [5.74, 6) is 0.258. The fourth-order valence-corrected chi connectivity index (χ4v) is 3.91. The van der Waals surface area contributed by atoms with E-state index in [-0.39, 0.29) is 22.9 Å². The lowest BCUT2D eigenvalue weighted by atomic mass is 10.2. The van der Waals surface area contributed by atoms with Gasteiger partial charge in [-0.25, -0.2) is 4.98 Å². The summed E-state index contributed by atoms with van der Waals surface area (Å²) in [4.78, 5) is 24.6. The van der Waals surface area contributed by atoms with Crippen LogP contribution in [0.25, 0.3) is 0 Å². The summed E-state index contributed by atoms with van der Waals surface area (Å²) in [6.45, 7) is 10.8. The van der Waals surface area contributed by atoms with Crippen molar-refractivity contribution >= 4 is 39.4 Å². The summed E-state index contributed by atoms with van der Waals surface area (Å²) < 4.78 is 0. The van der Waals surface area contributed by atoms with E-state index in [0.717, 1.165) is 57.1 Å². The molecule has 1 amide bonds. The van der Waals surface area contributed by atoms with Gasteiger partial charge in [0.2, 0.25) is 5.91 Å². The van der Waals surface area contributed by atoms with Gasteiger partial charge >= 0.3 is 0 Å². The molecule has 1 aliphatic heterocycles. The first-order valence-electron chi connectivity index (χ1n) is 9.30. The molecule has 0 unspecified atom stereocenters. The molecule has 2 rings (SSSR count). The Bertz CT molecular complexity index is 503. The summed E-state index contributed by atoms with van der Waals surface area (Å²) in [7, 11) is 1.91. The first-order chi connectivity index (χ1) is 11.6. The Morgan fingerprint density at radius 2 is 1.96 bits per heavy atom. The van der Waals surface area contributed by atoms with Crippen molar-refractivity contribution < 1.29 is 4.79 Å². The first kappa shape index (κ1) is 22.4. The Morgan fingerprint density at radius 1 is 1.24 bits per heavy atom. The topological polar surface area (TPSA) is 39.7 Å². The highest BCUT2D eigenvalue weighted by atomic mass is 79.9. The lowest BCUT2D eigenvalue weighted by Crippen LogP contribution is -2.46. The molecule has 7 heteroatoms. The molecule has 0 aliphatic carbocycles. The number of nitrogens with zero attached hydrogens (tertiary/aromatic N) is 4. The van der Waals surface area contributed by atoms with Gasteiger partial charge in [-0.05, 0) is 19.4 Å². The van der Waals surface area contributed by atoms with E-state index in [0.29, 0.717) is 6.42 Å². The van der Waals surface area contributed by atoms with E-state index in [2.05, 4.69) is 28.6 Å². The first-order valence-corrected chi connectivity index (χ1v) is 10.1. The molecule has 0 radical (unpaired) electrons. The van der Waals surface area contributed by atoms with Crippen molar-refractivity contribution in [1.82, 2.24) is 14.8 Å². The summed E-state index contributed by atoms with van der Waals surface area (Å²) in [6.07, 6.45) is 6.85. The van der Waals surface area contributed by atoms with Crippen LogP contribution in [0, 0.1) is 0 Å². The third kappa shape index (κ3) is 7.23. The molecule has 1 fully saturated rings.